The van der Waals surface area contributed by atoms with Crippen molar-refractivity contribution < 1.29 is 90.5 Å². The van der Waals surface area contributed by atoms with Crippen molar-refractivity contribution in [1.29, 1.82) is 0 Å². The lowest BCUT2D eigenvalue weighted by Crippen LogP contribution is -2.63. The number of carbonyl (C=O) groups excluding carboxylic acids is 9. The van der Waals surface area contributed by atoms with Gasteiger partial charge >= 0.3 is 30.0 Å². The molecule has 90 heavy (non-hydrogen) atoms. The van der Waals surface area contributed by atoms with E-state index in [1.807, 2.05) is 36.5 Å². The first-order valence-electron chi connectivity index (χ1n) is 29.6. The SMILES string of the molecule is C=CCOC(=O)N1c2cc(OCCCC(=O)Nc3cc(C(=O)Nc4ccc(-c5cc(C(=O)Nc6ccccc6)n(C)c5)cc4)n(C)c3)c(OC3O[C@H](COC(C)=O)[C@@H](OC(C)=O)[C@H](OC(C)=O)[C@H]3OC(C)=O)cc2C(=O)N2CCCC[C@H]2C1OC1CCCCO1. The summed E-state index contributed by atoms with van der Waals surface area (Å²) in [6.45, 7) is 7.77. The maximum Gasteiger partial charge on any atom is 0.416 e. The lowest BCUT2D eigenvalue weighted by Gasteiger charge is -2.44. The quantitative estimate of drug-likeness (QED) is 0.0258. The number of anilines is 4. The molecular formula is C64H73N7O19. The van der Waals surface area contributed by atoms with Crippen LogP contribution in [0.2, 0.25) is 0 Å². The summed E-state index contributed by atoms with van der Waals surface area (Å²) < 4.78 is 63.3. The Hall–Kier alpha value is -9.53. The molecule has 6 heterocycles. The number of hydrogen-bond acceptors (Lipinski definition) is 19. The molecule has 0 spiro atoms. The first kappa shape index (κ1) is 64.9. The maximum atomic E-state index is 15.1. The number of aryl methyl sites for hydroxylation is 2. The van der Waals surface area contributed by atoms with Gasteiger partial charge in [-0.15, -0.1) is 0 Å². The van der Waals surface area contributed by atoms with Crippen molar-refractivity contribution in [2.75, 3.05) is 53.8 Å². The molecule has 4 aliphatic heterocycles. The number of fused-ring (bicyclic) bond motifs is 2. The van der Waals surface area contributed by atoms with Gasteiger partial charge in [0.05, 0.1) is 29.6 Å². The highest BCUT2D eigenvalue weighted by Gasteiger charge is 2.54. The topological polar surface area (TPSA) is 298 Å². The monoisotopic (exact) mass is 1240 g/mol. The van der Waals surface area contributed by atoms with Gasteiger partial charge in [0.15, 0.2) is 36.2 Å². The van der Waals surface area contributed by atoms with E-state index in [-0.39, 0.29) is 67.0 Å². The number of benzene rings is 3. The average molecular weight is 1240 g/mol. The van der Waals surface area contributed by atoms with Crippen molar-refractivity contribution in [3.8, 4) is 22.6 Å². The molecule has 26 nitrogen and oxygen atoms in total. The van der Waals surface area contributed by atoms with Crippen LogP contribution in [0.1, 0.15) is 110 Å². The number of ether oxygens (including phenoxy) is 10. The van der Waals surface area contributed by atoms with Crippen molar-refractivity contribution in [2.24, 2.45) is 14.1 Å². The van der Waals surface area contributed by atoms with Crippen molar-refractivity contribution >= 4 is 76.3 Å². The van der Waals surface area contributed by atoms with Crippen LogP contribution in [0, 0.1) is 0 Å². The molecular weight excluding hydrogens is 1170 g/mol. The fourth-order valence-electron chi connectivity index (χ4n) is 11.1. The highest BCUT2D eigenvalue weighted by atomic mass is 16.7. The summed E-state index contributed by atoms with van der Waals surface area (Å²) in [5.41, 5.74) is 3.71. The van der Waals surface area contributed by atoms with E-state index in [4.69, 9.17) is 47.4 Å². The molecule has 0 aliphatic carbocycles. The van der Waals surface area contributed by atoms with E-state index < -0.39 is 104 Å². The molecule has 3 saturated heterocycles. The van der Waals surface area contributed by atoms with Gasteiger partial charge in [-0.1, -0.05) is 43.0 Å². The van der Waals surface area contributed by atoms with Crippen LogP contribution in [0.25, 0.3) is 11.1 Å². The fraction of sp³-hybridized carbons (Fsp3) is 0.422. The van der Waals surface area contributed by atoms with E-state index in [2.05, 4.69) is 22.5 Å². The number of hydrogen-bond donors (Lipinski definition) is 3. The molecule has 2 aromatic heterocycles. The number of piperidine rings is 1. The normalized spacial score (nSPS) is 21.2. The molecule has 3 aromatic carbocycles. The number of nitrogens with one attached hydrogen (secondary N) is 3. The van der Waals surface area contributed by atoms with Gasteiger partial charge in [0.2, 0.25) is 18.3 Å². The largest absolute Gasteiger partial charge is 0.490 e. The molecule has 8 atom stereocenters. The summed E-state index contributed by atoms with van der Waals surface area (Å²) in [5, 5.41) is 8.62. The Balaban J connectivity index is 0.961. The van der Waals surface area contributed by atoms with Crippen LogP contribution in [0.15, 0.2) is 104 Å². The average Bonchev–Trinajstić information content (AvgIpc) is 1.58. The van der Waals surface area contributed by atoms with E-state index in [0.29, 0.717) is 55.0 Å². The summed E-state index contributed by atoms with van der Waals surface area (Å²) in [6.07, 6.45) is -2.24. The molecule has 4 aliphatic rings. The zero-order chi connectivity index (χ0) is 64.2. The van der Waals surface area contributed by atoms with Gasteiger partial charge in [-0.25, -0.2) is 9.69 Å². The van der Waals surface area contributed by atoms with Gasteiger partial charge in [0, 0.05) is 96.8 Å². The number of para-hydroxylation sites is 1. The summed E-state index contributed by atoms with van der Waals surface area (Å²) in [5.74, 6) is -5.45. The number of nitrogens with zero attached hydrogens (tertiary/aromatic N) is 4. The predicted molar refractivity (Wildman–Crippen MR) is 322 cm³/mol. The van der Waals surface area contributed by atoms with Gasteiger partial charge in [0.1, 0.15) is 30.7 Å². The Morgan fingerprint density at radius 2 is 1.34 bits per heavy atom. The van der Waals surface area contributed by atoms with Crippen LogP contribution in [0.3, 0.4) is 0 Å². The molecule has 3 unspecified atom stereocenters. The van der Waals surface area contributed by atoms with Crippen LogP contribution in [-0.4, -0.2) is 150 Å². The predicted octanol–water partition coefficient (Wildman–Crippen LogP) is 7.80. The van der Waals surface area contributed by atoms with Gasteiger partial charge in [0.25, 0.3) is 17.7 Å². The van der Waals surface area contributed by atoms with E-state index >= 15 is 4.79 Å². The first-order chi connectivity index (χ1) is 43.2. The Bertz CT molecular complexity index is 3470. The van der Waals surface area contributed by atoms with Crippen molar-refractivity contribution in [3.05, 3.63) is 121 Å². The summed E-state index contributed by atoms with van der Waals surface area (Å²) >= 11 is 0. The van der Waals surface area contributed by atoms with Crippen molar-refractivity contribution in [3.63, 3.8) is 0 Å². The number of esters is 4. The molecule has 3 N–H and O–H groups in total. The summed E-state index contributed by atoms with van der Waals surface area (Å²) in [4.78, 5) is 123. The van der Waals surface area contributed by atoms with Gasteiger partial charge in [-0.3, -0.25) is 38.4 Å². The zero-order valence-electron chi connectivity index (χ0n) is 50.8. The van der Waals surface area contributed by atoms with Gasteiger partial charge in [-0.05, 0) is 93.0 Å². The van der Waals surface area contributed by atoms with E-state index in [1.54, 1.807) is 64.7 Å². The molecule has 5 amide bonds. The molecule has 478 valence electrons. The maximum absolute atomic E-state index is 15.1. The smallest absolute Gasteiger partial charge is 0.416 e. The van der Waals surface area contributed by atoms with Crippen LogP contribution in [-0.2, 0) is 76.0 Å². The Labute approximate surface area is 518 Å². The molecule has 0 saturated carbocycles. The second-order valence-electron chi connectivity index (χ2n) is 21.9. The van der Waals surface area contributed by atoms with E-state index in [1.165, 1.54) is 29.2 Å². The number of amides is 5. The Kier molecular flexibility index (Phi) is 21.4. The Morgan fingerprint density at radius 1 is 0.678 bits per heavy atom. The minimum absolute atomic E-state index is 0.0143. The molecule has 3 fully saturated rings. The molecule has 0 radical (unpaired) electrons. The van der Waals surface area contributed by atoms with Gasteiger partial charge in [-0.2, -0.15) is 0 Å². The van der Waals surface area contributed by atoms with Crippen molar-refractivity contribution in [2.45, 2.75) is 128 Å². The van der Waals surface area contributed by atoms with Crippen LogP contribution < -0.4 is 30.3 Å². The highest BCUT2D eigenvalue weighted by Crippen LogP contribution is 2.44. The summed E-state index contributed by atoms with van der Waals surface area (Å²) in [6, 6.07) is 21.6. The minimum atomic E-state index is -1.79. The van der Waals surface area contributed by atoms with Crippen LogP contribution in [0.5, 0.6) is 11.5 Å². The third kappa shape index (κ3) is 16.0. The number of carbonyl (C=O) groups is 9. The van der Waals surface area contributed by atoms with Crippen molar-refractivity contribution in [1.82, 2.24) is 14.0 Å². The van der Waals surface area contributed by atoms with E-state index in [0.717, 1.165) is 51.7 Å². The molecule has 9 rings (SSSR count). The van der Waals surface area contributed by atoms with Gasteiger partial charge < -0.3 is 77.4 Å². The molecule has 5 aromatic rings. The summed E-state index contributed by atoms with van der Waals surface area (Å²) in [7, 11) is 3.44. The molecule has 0 bridgehead atoms. The third-order valence-electron chi connectivity index (χ3n) is 15.2. The van der Waals surface area contributed by atoms with Crippen LogP contribution in [0.4, 0.5) is 27.5 Å². The second-order valence-corrected chi connectivity index (χ2v) is 21.9. The first-order valence-corrected chi connectivity index (χ1v) is 29.6. The lowest BCUT2D eigenvalue weighted by molar-refractivity contribution is -0.288. The van der Waals surface area contributed by atoms with E-state index in [9.17, 15) is 38.4 Å². The zero-order valence-corrected chi connectivity index (χ0v) is 50.8. The number of aromatic nitrogens is 2. The Morgan fingerprint density at radius 3 is 2.02 bits per heavy atom. The second kappa shape index (κ2) is 29.6. The van der Waals surface area contributed by atoms with Crippen LogP contribution >= 0.6 is 0 Å². The third-order valence-corrected chi connectivity index (χ3v) is 15.2. The number of rotatable bonds is 22. The highest BCUT2D eigenvalue weighted by molar-refractivity contribution is 6.07. The standard InChI is InChI=1S/C64H73N7O19/c1-8-27-83-64(80)71-48-33-51(81-29-16-20-54(76)65-45-31-50(69(7)35-45)60(78)67-44-24-22-41(23-25-44)42-30-49(68(6)34-42)59(77)66-43-17-10-9-11-18-43)52(32-46(48)61(79)70-26-14-12-19-47(70)62(71)90-55-21-13-15-28-82-55)88-63-58(87-40(5)75)57(86-39(4)74)56(85-38(3)73)53(89-63)36-84-37(2)72/h8-11,17-18,22-25,30-35,47,53,55-58,62-63H,1,12-16,19-21,26-29,36H2,2-7H3,(H,65,76)(H,66,77)(H,67,78)/t47-,53+,55?,56+,57-,58+,62?,63?/m0/s1. The lowest BCUT2D eigenvalue weighted by atomic mass is 9.98. The molecule has 26 heteroatoms. The minimum Gasteiger partial charge on any atom is -0.490 e. The fourth-order valence-corrected chi connectivity index (χ4v) is 11.1.